The van der Waals surface area contributed by atoms with Crippen molar-refractivity contribution in [3.05, 3.63) is 23.8 Å². The summed E-state index contributed by atoms with van der Waals surface area (Å²) in [5.74, 6) is 1.39. The van der Waals surface area contributed by atoms with Gasteiger partial charge in [-0.1, -0.05) is 19.9 Å². The molecule has 1 heterocycles. The van der Waals surface area contributed by atoms with Gasteiger partial charge in [0.2, 0.25) is 0 Å². The van der Waals surface area contributed by atoms with Crippen molar-refractivity contribution in [1.29, 1.82) is 0 Å². The Morgan fingerprint density at radius 2 is 2.04 bits per heavy atom. The molecule has 0 spiro atoms. The molecular formula is C18H28N2O4. The van der Waals surface area contributed by atoms with Gasteiger partial charge in [-0.3, -0.25) is 0 Å². The lowest BCUT2D eigenvalue weighted by atomic mass is 9.84. The number of carbonyl (C=O) groups is 1. The minimum Gasteiger partial charge on any atom is -0.493 e. The minimum absolute atomic E-state index is 0.0429. The van der Waals surface area contributed by atoms with Crippen molar-refractivity contribution in [2.45, 2.75) is 32.3 Å². The lowest BCUT2D eigenvalue weighted by Crippen LogP contribution is -2.50. The molecular weight excluding hydrogens is 308 g/mol. The Balaban J connectivity index is 2.01. The zero-order valence-corrected chi connectivity index (χ0v) is 15.2. The molecule has 0 unspecified atom stereocenters. The van der Waals surface area contributed by atoms with Crippen LogP contribution in [0, 0.1) is 0 Å². The molecule has 1 N–H and O–H groups in total. The van der Waals surface area contributed by atoms with Gasteiger partial charge >= 0.3 is 6.03 Å². The quantitative estimate of drug-likeness (QED) is 0.897. The van der Waals surface area contributed by atoms with E-state index >= 15 is 0 Å². The van der Waals surface area contributed by atoms with Crippen molar-refractivity contribution >= 4 is 6.03 Å². The smallest absolute Gasteiger partial charge is 0.317 e. The first-order valence-corrected chi connectivity index (χ1v) is 8.24. The standard InChI is InChI=1S/C18H28N2O4/c1-13-11-20(8-9-24-13)17(21)19-12-18(2,3)14-6-7-15(22-4)16(10-14)23-5/h6-7,10,13H,8-9,11-12H2,1-5H3,(H,19,21)/t13-/m0/s1. The van der Waals surface area contributed by atoms with Crippen LogP contribution in [0.15, 0.2) is 18.2 Å². The van der Waals surface area contributed by atoms with E-state index in [0.29, 0.717) is 37.7 Å². The molecule has 24 heavy (non-hydrogen) atoms. The molecule has 1 aliphatic heterocycles. The number of hydrogen-bond donors (Lipinski definition) is 1. The summed E-state index contributed by atoms with van der Waals surface area (Å²) >= 11 is 0. The predicted octanol–water partition coefficient (Wildman–Crippen LogP) is 2.41. The first-order valence-electron chi connectivity index (χ1n) is 8.24. The van der Waals surface area contributed by atoms with Crippen LogP contribution in [-0.4, -0.2) is 57.5 Å². The maximum Gasteiger partial charge on any atom is 0.317 e. The number of ether oxygens (including phenoxy) is 3. The number of hydrogen-bond acceptors (Lipinski definition) is 4. The summed E-state index contributed by atoms with van der Waals surface area (Å²) in [7, 11) is 3.24. The first-order chi connectivity index (χ1) is 11.4. The van der Waals surface area contributed by atoms with Crippen molar-refractivity contribution in [2.24, 2.45) is 0 Å². The molecule has 0 radical (unpaired) electrons. The highest BCUT2D eigenvalue weighted by molar-refractivity contribution is 5.74. The van der Waals surface area contributed by atoms with E-state index in [1.54, 1.807) is 19.1 Å². The van der Waals surface area contributed by atoms with E-state index in [1.165, 1.54) is 0 Å². The second-order valence-corrected chi connectivity index (χ2v) is 6.74. The Labute approximate surface area is 144 Å². The van der Waals surface area contributed by atoms with Crippen LogP contribution in [0.25, 0.3) is 0 Å². The van der Waals surface area contributed by atoms with E-state index in [9.17, 15) is 4.79 Å². The van der Waals surface area contributed by atoms with Crippen molar-refractivity contribution in [1.82, 2.24) is 10.2 Å². The van der Waals surface area contributed by atoms with E-state index in [0.717, 1.165) is 5.56 Å². The van der Waals surface area contributed by atoms with E-state index in [-0.39, 0.29) is 17.6 Å². The molecule has 1 aliphatic rings. The third kappa shape index (κ3) is 4.32. The van der Waals surface area contributed by atoms with Gasteiger partial charge in [-0.25, -0.2) is 4.79 Å². The Morgan fingerprint density at radius 1 is 1.33 bits per heavy atom. The fourth-order valence-electron chi connectivity index (χ4n) is 2.77. The molecule has 1 aromatic carbocycles. The number of nitrogens with one attached hydrogen (secondary N) is 1. The van der Waals surface area contributed by atoms with Gasteiger partial charge in [0.1, 0.15) is 0 Å². The first kappa shape index (κ1) is 18.4. The Hall–Kier alpha value is -1.95. The van der Waals surface area contributed by atoms with Crippen LogP contribution < -0.4 is 14.8 Å². The van der Waals surface area contributed by atoms with Gasteiger partial charge in [0.15, 0.2) is 11.5 Å². The molecule has 2 rings (SSSR count). The van der Waals surface area contributed by atoms with Crippen LogP contribution in [0.2, 0.25) is 0 Å². The molecule has 1 atom stereocenters. The highest BCUT2D eigenvalue weighted by atomic mass is 16.5. The minimum atomic E-state index is -0.229. The fourth-order valence-corrected chi connectivity index (χ4v) is 2.77. The maximum absolute atomic E-state index is 12.4. The molecule has 6 heteroatoms. The third-order valence-electron chi connectivity index (χ3n) is 4.37. The normalized spacial score (nSPS) is 18.2. The monoisotopic (exact) mass is 336 g/mol. The molecule has 1 fully saturated rings. The lowest BCUT2D eigenvalue weighted by Gasteiger charge is -2.33. The summed E-state index contributed by atoms with van der Waals surface area (Å²) in [5, 5.41) is 3.04. The average molecular weight is 336 g/mol. The highest BCUT2D eigenvalue weighted by Crippen LogP contribution is 2.32. The van der Waals surface area contributed by atoms with Crippen molar-refractivity contribution in [3.63, 3.8) is 0 Å². The Kier molecular flexibility index (Phi) is 5.94. The maximum atomic E-state index is 12.4. The van der Waals surface area contributed by atoms with Crippen LogP contribution in [0.5, 0.6) is 11.5 Å². The summed E-state index contributed by atoms with van der Waals surface area (Å²) in [6.07, 6.45) is 0.0864. The van der Waals surface area contributed by atoms with Crippen LogP contribution in [0.3, 0.4) is 0 Å². The van der Waals surface area contributed by atoms with Gasteiger partial charge < -0.3 is 24.4 Å². The summed E-state index contributed by atoms with van der Waals surface area (Å²) in [5.41, 5.74) is 0.850. The molecule has 134 valence electrons. The molecule has 1 saturated heterocycles. The molecule has 0 bridgehead atoms. The SMILES string of the molecule is COc1ccc(C(C)(C)CNC(=O)N2CCO[C@@H](C)C2)cc1OC. The summed E-state index contributed by atoms with van der Waals surface area (Å²) in [6, 6.07) is 5.81. The third-order valence-corrected chi connectivity index (χ3v) is 4.37. The zero-order valence-electron chi connectivity index (χ0n) is 15.2. The summed E-state index contributed by atoms with van der Waals surface area (Å²) < 4.78 is 16.1. The van der Waals surface area contributed by atoms with Crippen molar-refractivity contribution in [2.75, 3.05) is 40.5 Å². The topological polar surface area (TPSA) is 60.0 Å². The van der Waals surface area contributed by atoms with E-state index < -0.39 is 0 Å². The summed E-state index contributed by atoms with van der Waals surface area (Å²) in [6.45, 7) is 8.55. The summed E-state index contributed by atoms with van der Waals surface area (Å²) in [4.78, 5) is 14.2. The number of nitrogens with zero attached hydrogens (tertiary/aromatic N) is 1. The van der Waals surface area contributed by atoms with Crippen LogP contribution in [-0.2, 0) is 10.2 Å². The Bertz CT molecular complexity index is 574. The largest absolute Gasteiger partial charge is 0.493 e. The zero-order chi connectivity index (χ0) is 17.7. The van der Waals surface area contributed by atoms with Crippen LogP contribution >= 0.6 is 0 Å². The molecule has 1 aromatic rings. The van der Waals surface area contributed by atoms with Gasteiger partial charge in [0.25, 0.3) is 0 Å². The van der Waals surface area contributed by atoms with Gasteiger partial charge in [0.05, 0.1) is 26.9 Å². The number of amides is 2. The number of morpholine rings is 1. The number of benzene rings is 1. The van der Waals surface area contributed by atoms with Crippen LogP contribution in [0.4, 0.5) is 4.79 Å². The number of urea groups is 1. The molecule has 0 aliphatic carbocycles. The second kappa shape index (κ2) is 7.75. The van der Waals surface area contributed by atoms with Crippen LogP contribution in [0.1, 0.15) is 26.3 Å². The number of methoxy groups -OCH3 is 2. The predicted molar refractivity (Wildman–Crippen MR) is 93.0 cm³/mol. The van der Waals surface area contributed by atoms with Gasteiger partial charge in [-0.05, 0) is 24.6 Å². The van der Waals surface area contributed by atoms with E-state index in [2.05, 4.69) is 19.2 Å². The number of rotatable bonds is 5. The fraction of sp³-hybridized carbons (Fsp3) is 0.611. The highest BCUT2D eigenvalue weighted by Gasteiger charge is 2.26. The van der Waals surface area contributed by atoms with Crippen molar-refractivity contribution < 1.29 is 19.0 Å². The van der Waals surface area contributed by atoms with Gasteiger partial charge in [-0.15, -0.1) is 0 Å². The number of carbonyl (C=O) groups excluding carboxylic acids is 1. The molecule has 0 aromatic heterocycles. The van der Waals surface area contributed by atoms with E-state index in [4.69, 9.17) is 14.2 Å². The van der Waals surface area contributed by atoms with Gasteiger partial charge in [0, 0.05) is 25.0 Å². The van der Waals surface area contributed by atoms with Crippen molar-refractivity contribution in [3.8, 4) is 11.5 Å². The molecule has 0 saturated carbocycles. The van der Waals surface area contributed by atoms with Gasteiger partial charge in [-0.2, -0.15) is 0 Å². The lowest BCUT2D eigenvalue weighted by molar-refractivity contribution is -0.00359. The molecule has 6 nitrogen and oxygen atoms in total. The Morgan fingerprint density at radius 3 is 2.67 bits per heavy atom. The average Bonchev–Trinajstić information content (AvgIpc) is 2.59. The molecule has 2 amide bonds. The second-order valence-electron chi connectivity index (χ2n) is 6.74. The van der Waals surface area contributed by atoms with E-state index in [1.807, 2.05) is 25.1 Å².